The number of ether oxygens (including phenoxy) is 1. The number of carbonyl (C=O) groups excluding carboxylic acids is 3. The Bertz CT molecular complexity index is 1100. The molecule has 2 unspecified atom stereocenters. The first-order valence-electron chi connectivity index (χ1n) is 12.3. The lowest BCUT2D eigenvalue weighted by Crippen LogP contribution is -2.47. The molecule has 1 spiro atoms. The first-order chi connectivity index (χ1) is 16.9. The number of carbonyl (C=O) groups is 3. The highest BCUT2D eigenvalue weighted by Gasteiger charge is 2.54. The van der Waals surface area contributed by atoms with Crippen molar-refractivity contribution in [2.24, 2.45) is 0 Å². The summed E-state index contributed by atoms with van der Waals surface area (Å²) in [6.07, 6.45) is 2.21. The van der Waals surface area contributed by atoms with Gasteiger partial charge in [0, 0.05) is 6.54 Å². The summed E-state index contributed by atoms with van der Waals surface area (Å²) in [4.78, 5) is 42.5. The van der Waals surface area contributed by atoms with Crippen LogP contribution in [0.25, 0.3) is 0 Å². The van der Waals surface area contributed by atoms with E-state index in [1.165, 1.54) is 0 Å². The summed E-state index contributed by atoms with van der Waals surface area (Å²) >= 11 is 0. The molecular formula is C27H34N4O4. The Kier molecular flexibility index (Phi) is 7.40. The van der Waals surface area contributed by atoms with Crippen molar-refractivity contribution < 1.29 is 19.1 Å². The molecule has 0 radical (unpaired) electrons. The van der Waals surface area contributed by atoms with Gasteiger partial charge in [-0.1, -0.05) is 50.2 Å². The van der Waals surface area contributed by atoms with Crippen LogP contribution < -0.4 is 15.4 Å². The second-order valence-corrected chi connectivity index (χ2v) is 9.06. The van der Waals surface area contributed by atoms with Crippen LogP contribution in [0.1, 0.15) is 49.4 Å². The second kappa shape index (κ2) is 10.5. The number of aryl methyl sites for hydroxylation is 1. The van der Waals surface area contributed by atoms with E-state index < -0.39 is 11.6 Å². The normalized spacial score (nSPS) is 20.1. The zero-order valence-corrected chi connectivity index (χ0v) is 20.7. The fourth-order valence-corrected chi connectivity index (χ4v) is 5.34. The van der Waals surface area contributed by atoms with Crippen molar-refractivity contribution in [2.75, 3.05) is 33.3 Å². The summed E-state index contributed by atoms with van der Waals surface area (Å²) in [5, 5.41) is 5.86. The number of fused-ring (bicyclic) bond motifs is 2. The lowest BCUT2D eigenvalue weighted by atomic mass is 9.76. The number of likely N-dealkylation sites (N-methyl/N-ethyl adjacent to an activating group) is 1. The smallest absolute Gasteiger partial charge is 0.325 e. The van der Waals surface area contributed by atoms with E-state index in [1.54, 1.807) is 7.11 Å². The summed E-state index contributed by atoms with van der Waals surface area (Å²) < 4.78 is 5.38. The van der Waals surface area contributed by atoms with Crippen LogP contribution in [-0.2, 0) is 21.5 Å². The van der Waals surface area contributed by atoms with Gasteiger partial charge in [0.1, 0.15) is 17.8 Å². The number of rotatable bonds is 9. The van der Waals surface area contributed by atoms with E-state index >= 15 is 0 Å². The molecular weight excluding hydrogens is 444 g/mol. The molecule has 2 atom stereocenters. The maximum atomic E-state index is 13.5. The molecule has 1 aliphatic heterocycles. The summed E-state index contributed by atoms with van der Waals surface area (Å²) in [5.74, 6) is 0.0379. The first kappa shape index (κ1) is 24.7. The van der Waals surface area contributed by atoms with Crippen molar-refractivity contribution in [1.29, 1.82) is 0 Å². The maximum absolute atomic E-state index is 13.5. The van der Waals surface area contributed by atoms with Crippen LogP contribution in [-0.4, -0.2) is 60.9 Å². The highest BCUT2D eigenvalue weighted by Crippen LogP contribution is 2.39. The standard InChI is InChI=1S/C27H34N4O4/c1-4-30(5-2)23(20-11-8-13-21(16-20)35-3)17-28-24(32)18-31-25(33)27(29-26(31)34)15-9-12-19-10-6-7-14-22(19)27/h6-8,10-11,13-14,16,23H,4-5,9,12,15,17-18H2,1-3H3,(H,28,32)(H,29,34). The number of nitrogens with zero attached hydrogens (tertiary/aromatic N) is 2. The highest BCUT2D eigenvalue weighted by atomic mass is 16.5. The Balaban J connectivity index is 1.47. The summed E-state index contributed by atoms with van der Waals surface area (Å²) in [7, 11) is 1.63. The van der Waals surface area contributed by atoms with Crippen molar-refractivity contribution >= 4 is 17.8 Å². The van der Waals surface area contributed by atoms with E-state index in [9.17, 15) is 14.4 Å². The fourth-order valence-electron chi connectivity index (χ4n) is 5.34. The average molecular weight is 479 g/mol. The number of urea groups is 1. The molecule has 8 heteroatoms. The molecule has 2 aromatic carbocycles. The van der Waals surface area contributed by atoms with E-state index in [1.807, 2.05) is 48.5 Å². The lowest BCUT2D eigenvalue weighted by molar-refractivity contribution is -0.135. The van der Waals surface area contributed by atoms with Gasteiger partial charge in [0.2, 0.25) is 5.91 Å². The number of nitrogens with one attached hydrogen (secondary N) is 2. The number of imide groups is 1. The first-order valence-corrected chi connectivity index (χ1v) is 12.3. The number of benzene rings is 2. The molecule has 186 valence electrons. The van der Waals surface area contributed by atoms with Crippen LogP contribution in [0.15, 0.2) is 48.5 Å². The van der Waals surface area contributed by atoms with Gasteiger partial charge in [0.05, 0.1) is 13.2 Å². The number of hydrogen-bond donors (Lipinski definition) is 2. The Labute approximate surface area is 206 Å². The average Bonchev–Trinajstić information content (AvgIpc) is 3.11. The highest BCUT2D eigenvalue weighted by molar-refractivity contribution is 6.09. The number of hydrogen-bond acceptors (Lipinski definition) is 5. The van der Waals surface area contributed by atoms with Gasteiger partial charge in [0.15, 0.2) is 0 Å². The topological polar surface area (TPSA) is 91.0 Å². The minimum absolute atomic E-state index is 0.0660. The van der Waals surface area contributed by atoms with Crippen molar-refractivity contribution in [3.63, 3.8) is 0 Å². The predicted molar refractivity (Wildman–Crippen MR) is 133 cm³/mol. The molecule has 35 heavy (non-hydrogen) atoms. The quantitative estimate of drug-likeness (QED) is 0.541. The Morgan fingerprint density at radius 2 is 1.94 bits per heavy atom. The summed E-state index contributed by atoms with van der Waals surface area (Å²) in [5.41, 5.74) is 1.86. The minimum Gasteiger partial charge on any atom is -0.497 e. The van der Waals surface area contributed by atoms with Gasteiger partial charge >= 0.3 is 6.03 Å². The van der Waals surface area contributed by atoms with Gasteiger partial charge in [-0.3, -0.25) is 19.4 Å². The number of amides is 4. The Morgan fingerprint density at radius 1 is 1.17 bits per heavy atom. The van der Waals surface area contributed by atoms with Gasteiger partial charge in [-0.25, -0.2) is 4.79 Å². The molecule has 0 bridgehead atoms. The van der Waals surface area contributed by atoms with Gasteiger partial charge in [-0.2, -0.15) is 0 Å². The molecule has 4 rings (SSSR count). The third-order valence-corrected chi connectivity index (χ3v) is 7.18. The number of methoxy groups -OCH3 is 1. The van der Waals surface area contributed by atoms with Crippen molar-refractivity contribution in [2.45, 2.75) is 44.7 Å². The van der Waals surface area contributed by atoms with Gasteiger partial charge in [-0.15, -0.1) is 0 Å². The third kappa shape index (κ3) is 4.75. The zero-order valence-electron chi connectivity index (χ0n) is 20.7. The molecule has 1 fully saturated rings. The molecule has 4 amide bonds. The van der Waals surface area contributed by atoms with Crippen LogP contribution in [0.4, 0.5) is 4.79 Å². The predicted octanol–water partition coefficient (Wildman–Crippen LogP) is 2.98. The van der Waals surface area contributed by atoms with Gasteiger partial charge < -0.3 is 15.4 Å². The Morgan fingerprint density at radius 3 is 2.69 bits per heavy atom. The van der Waals surface area contributed by atoms with Crippen LogP contribution in [0.2, 0.25) is 0 Å². The molecule has 2 N–H and O–H groups in total. The zero-order chi connectivity index (χ0) is 25.0. The largest absolute Gasteiger partial charge is 0.497 e. The fraction of sp³-hybridized carbons (Fsp3) is 0.444. The maximum Gasteiger partial charge on any atom is 0.325 e. The molecule has 1 saturated heterocycles. The van der Waals surface area contributed by atoms with Crippen LogP contribution in [0.3, 0.4) is 0 Å². The summed E-state index contributed by atoms with van der Waals surface area (Å²) in [6.45, 7) is 5.82. The van der Waals surface area contributed by atoms with Crippen molar-refractivity contribution in [1.82, 2.24) is 20.4 Å². The van der Waals surface area contributed by atoms with Crippen molar-refractivity contribution in [3.8, 4) is 5.75 Å². The third-order valence-electron chi connectivity index (χ3n) is 7.18. The molecule has 1 heterocycles. The molecule has 2 aromatic rings. The van der Waals surface area contributed by atoms with Gasteiger partial charge in [-0.05, 0) is 61.2 Å². The lowest BCUT2D eigenvalue weighted by Gasteiger charge is -2.33. The van der Waals surface area contributed by atoms with Crippen LogP contribution in [0, 0.1) is 0 Å². The van der Waals surface area contributed by atoms with Crippen LogP contribution in [0.5, 0.6) is 5.75 Å². The molecule has 0 saturated carbocycles. The monoisotopic (exact) mass is 478 g/mol. The van der Waals surface area contributed by atoms with Crippen molar-refractivity contribution in [3.05, 3.63) is 65.2 Å². The molecule has 1 aliphatic carbocycles. The SMILES string of the molecule is CCN(CC)C(CNC(=O)CN1C(=O)NC2(CCCc3ccccc32)C1=O)c1cccc(OC)c1. The van der Waals surface area contributed by atoms with E-state index in [2.05, 4.69) is 29.4 Å². The van der Waals surface area contributed by atoms with E-state index in [-0.39, 0.29) is 24.4 Å². The summed E-state index contributed by atoms with van der Waals surface area (Å²) in [6, 6.07) is 14.9. The van der Waals surface area contributed by atoms with E-state index in [0.29, 0.717) is 13.0 Å². The Hall–Kier alpha value is -3.39. The molecule has 8 nitrogen and oxygen atoms in total. The van der Waals surface area contributed by atoms with E-state index in [0.717, 1.165) is 53.3 Å². The van der Waals surface area contributed by atoms with Crippen LogP contribution >= 0.6 is 0 Å². The van der Waals surface area contributed by atoms with Gasteiger partial charge in [0.25, 0.3) is 5.91 Å². The molecule has 0 aromatic heterocycles. The minimum atomic E-state index is -1.07. The molecule has 2 aliphatic rings. The second-order valence-electron chi connectivity index (χ2n) is 9.06. The van der Waals surface area contributed by atoms with E-state index in [4.69, 9.17) is 4.74 Å².